The topological polar surface area (TPSA) is 102 Å². The minimum absolute atomic E-state index is 0.324. The van der Waals surface area contributed by atoms with Crippen LogP contribution in [0.25, 0.3) is 0 Å². The molecule has 0 saturated heterocycles. The molecule has 0 radical (unpaired) electrons. The predicted octanol–water partition coefficient (Wildman–Crippen LogP) is -0.464. The second-order valence-electron chi connectivity index (χ2n) is 4.87. The van der Waals surface area contributed by atoms with Crippen LogP contribution in [-0.4, -0.2) is 62.8 Å². The van der Waals surface area contributed by atoms with E-state index in [1.807, 2.05) is 0 Å². The number of carbonyl (C=O) groups is 2. The van der Waals surface area contributed by atoms with E-state index in [2.05, 4.69) is 28.2 Å². The Balaban J connectivity index is 3.06. The fraction of sp³-hybridized carbons (Fsp3) is 0.857. The molecule has 1 amide bonds. The number of unbranched alkanes of at least 4 members (excludes halogenated alkanes) is 3. The second-order valence-corrected chi connectivity index (χ2v) is 4.87. The highest BCUT2D eigenvalue weighted by Crippen LogP contribution is 1.96. The van der Waals surface area contributed by atoms with Crippen LogP contribution in [0.2, 0.25) is 0 Å². The van der Waals surface area contributed by atoms with Crippen LogP contribution < -0.4 is 21.3 Å². The smallest absolute Gasteiger partial charge is 0.394 e. The van der Waals surface area contributed by atoms with Crippen molar-refractivity contribution in [3.63, 3.8) is 0 Å². The zero-order chi connectivity index (χ0) is 15.8. The van der Waals surface area contributed by atoms with Gasteiger partial charge in [0.15, 0.2) is 0 Å². The Morgan fingerprint density at radius 2 is 1.29 bits per heavy atom. The first-order chi connectivity index (χ1) is 10.2. The SMILES string of the molecule is CCCCCCNCCNCCNCCNC(=O)C(=O)O. The summed E-state index contributed by atoms with van der Waals surface area (Å²) >= 11 is 0. The number of carboxylic acid groups (broad SMARTS) is 1. The molecular weight excluding hydrogens is 272 g/mol. The lowest BCUT2D eigenvalue weighted by atomic mass is 10.2. The molecule has 0 atom stereocenters. The van der Waals surface area contributed by atoms with Crippen LogP contribution in [0.1, 0.15) is 32.6 Å². The summed E-state index contributed by atoms with van der Waals surface area (Å²) in [5, 5.41) is 20.4. The highest BCUT2D eigenvalue weighted by atomic mass is 16.4. The first-order valence-corrected chi connectivity index (χ1v) is 7.81. The molecule has 0 fully saturated rings. The third kappa shape index (κ3) is 15.0. The molecule has 0 aromatic heterocycles. The van der Waals surface area contributed by atoms with Gasteiger partial charge in [0.05, 0.1) is 0 Å². The molecule has 7 heteroatoms. The average molecular weight is 302 g/mol. The molecule has 0 spiro atoms. The number of hydrogen-bond acceptors (Lipinski definition) is 5. The van der Waals surface area contributed by atoms with Gasteiger partial charge >= 0.3 is 11.9 Å². The maximum atomic E-state index is 10.7. The highest BCUT2D eigenvalue weighted by molar-refractivity contribution is 6.31. The number of carbonyl (C=O) groups excluding carboxylic acids is 1. The summed E-state index contributed by atoms with van der Waals surface area (Å²) < 4.78 is 0. The van der Waals surface area contributed by atoms with Gasteiger partial charge in [-0.25, -0.2) is 4.79 Å². The summed E-state index contributed by atoms with van der Waals surface area (Å²) in [5.41, 5.74) is 0. The maximum Gasteiger partial charge on any atom is 0.394 e. The normalized spacial score (nSPS) is 10.5. The lowest BCUT2D eigenvalue weighted by molar-refractivity contribution is -0.150. The quantitative estimate of drug-likeness (QED) is 0.220. The maximum absolute atomic E-state index is 10.7. The van der Waals surface area contributed by atoms with Crippen molar-refractivity contribution in [3.8, 4) is 0 Å². The zero-order valence-electron chi connectivity index (χ0n) is 13.0. The lowest BCUT2D eigenvalue weighted by Gasteiger charge is -2.08. The van der Waals surface area contributed by atoms with Crippen molar-refractivity contribution >= 4 is 11.9 Å². The van der Waals surface area contributed by atoms with Gasteiger partial charge in [-0.2, -0.15) is 0 Å². The van der Waals surface area contributed by atoms with Crippen LogP contribution in [-0.2, 0) is 9.59 Å². The number of carboxylic acids is 1. The third-order valence-electron chi connectivity index (χ3n) is 2.95. The van der Waals surface area contributed by atoms with Gasteiger partial charge in [-0.1, -0.05) is 26.2 Å². The molecular formula is C14H30N4O3. The van der Waals surface area contributed by atoms with Crippen molar-refractivity contribution < 1.29 is 14.7 Å². The molecule has 0 unspecified atom stereocenters. The van der Waals surface area contributed by atoms with Gasteiger partial charge < -0.3 is 26.4 Å². The largest absolute Gasteiger partial charge is 0.474 e. The van der Waals surface area contributed by atoms with Crippen LogP contribution in [0.3, 0.4) is 0 Å². The van der Waals surface area contributed by atoms with Crippen molar-refractivity contribution in [2.75, 3.05) is 45.8 Å². The predicted molar refractivity (Wildman–Crippen MR) is 83.4 cm³/mol. The first-order valence-electron chi connectivity index (χ1n) is 7.81. The Morgan fingerprint density at radius 1 is 0.762 bits per heavy atom. The molecule has 0 rings (SSSR count). The van der Waals surface area contributed by atoms with Crippen molar-refractivity contribution in [1.29, 1.82) is 0 Å². The number of hydrogen-bond donors (Lipinski definition) is 5. The van der Waals surface area contributed by atoms with Gasteiger partial charge in [0, 0.05) is 39.3 Å². The van der Waals surface area contributed by atoms with E-state index in [9.17, 15) is 9.59 Å². The van der Waals surface area contributed by atoms with E-state index < -0.39 is 11.9 Å². The highest BCUT2D eigenvalue weighted by Gasteiger charge is 2.08. The van der Waals surface area contributed by atoms with Crippen LogP contribution in [0.15, 0.2) is 0 Å². The fourth-order valence-corrected chi connectivity index (χ4v) is 1.75. The summed E-state index contributed by atoms with van der Waals surface area (Å²) in [6.45, 7) is 7.74. The van der Waals surface area contributed by atoms with Gasteiger partial charge in [0.25, 0.3) is 0 Å². The van der Waals surface area contributed by atoms with Gasteiger partial charge in [-0.3, -0.25) is 4.79 Å². The molecule has 0 heterocycles. The molecule has 0 aliphatic carbocycles. The minimum Gasteiger partial charge on any atom is -0.474 e. The Morgan fingerprint density at radius 3 is 1.81 bits per heavy atom. The molecule has 0 bridgehead atoms. The van der Waals surface area contributed by atoms with Crippen LogP contribution in [0, 0.1) is 0 Å². The third-order valence-corrected chi connectivity index (χ3v) is 2.95. The van der Waals surface area contributed by atoms with Crippen molar-refractivity contribution in [1.82, 2.24) is 21.3 Å². The van der Waals surface area contributed by atoms with Crippen LogP contribution in [0.4, 0.5) is 0 Å². The van der Waals surface area contributed by atoms with Gasteiger partial charge in [-0.15, -0.1) is 0 Å². The van der Waals surface area contributed by atoms with Crippen molar-refractivity contribution in [2.24, 2.45) is 0 Å². The summed E-state index contributed by atoms with van der Waals surface area (Å²) in [7, 11) is 0. The Kier molecular flexibility index (Phi) is 14.4. The minimum atomic E-state index is -1.45. The number of amides is 1. The lowest BCUT2D eigenvalue weighted by Crippen LogP contribution is -2.38. The Bertz CT molecular complexity index is 275. The van der Waals surface area contributed by atoms with E-state index in [1.165, 1.54) is 25.7 Å². The summed E-state index contributed by atoms with van der Waals surface area (Å²) in [4.78, 5) is 20.9. The van der Waals surface area contributed by atoms with E-state index in [-0.39, 0.29) is 0 Å². The zero-order valence-corrected chi connectivity index (χ0v) is 13.0. The van der Waals surface area contributed by atoms with E-state index >= 15 is 0 Å². The number of aliphatic carboxylic acids is 1. The Hall–Kier alpha value is -1.18. The second kappa shape index (κ2) is 15.2. The molecule has 0 aromatic rings. The monoisotopic (exact) mass is 302 g/mol. The van der Waals surface area contributed by atoms with Crippen molar-refractivity contribution in [3.05, 3.63) is 0 Å². The molecule has 0 aliphatic heterocycles. The van der Waals surface area contributed by atoms with Gasteiger partial charge in [0.1, 0.15) is 0 Å². The number of rotatable bonds is 14. The van der Waals surface area contributed by atoms with E-state index in [4.69, 9.17) is 5.11 Å². The van der Waals surface area contributed by atoms with E-state index in [0.717, 1.165) is 32.7 Å². The summed E-state index contributed by atoms with van der Waals surface area (Å²) in [6.07, 6.45) is 5.14. The summed E-state index contributed by atoms with van der Waals surface area (Å²) in [5.74, 6) is -2.40. The Labute approximate surface area is 127 Å². The standard InChI is InChI=1S/C14H30N4O3/c1-2-3-4-5-6-15-7-8-16-9-10-17-11-12-18-13(19)14(20)21/h15-17H,2-12H2,1H3,(H,18,19)(H,20,21). The molecule has 5 N–H and O–H groups in total. The fourth-order valence-electron chi connectivity index (χ4n) is 1.75. The van der Waals surface area contributed by atoms with E-state index in [0.29, 0.717) is 13.1 Å². The summed E-state index contributed by atoms with van der Waals surface area (Å²) in [6, 6.07) is 0. The molecule has 124 valence electrons. The first kappa shape index (κ1) is 19.8. The van der Waals surface area contributed by atoms with Crippen molar-refractivity contribution in [2.45, 2.75) is 32.6 Å². The molecule has 7 nitrogen and oxygen atoms in total. The van der Waals surface area contributed by atoms with Gasteiger partial charge in [-0.05, 0) is 13.0 Å². The number of nitrogens with one attached hydrogen (secondary N) is 4. The molecule has 0 aliphatic rings. The van der Waals surface area contributed by atoms with Gasteiger partial charge in [0.2, 0.25) is 0 Å². The molecule has 21 heavy (non-hydrogen) atoms. The molecule has 0 saturated carbocycles. The average Bonchev–Trinajstić information content (AvgIpc) is 2.47. The van der Waals surface area contributed by atoms with Crippen LogP contribution in [0.5, 0.6) is 0 Å². The van der Waals surface area contributed by atoms with E-state index in [1.54, 1.807) is 0 Å². The molecule has 0 aromatic carbocycles. The van der Waals surface area contributed by atoms with Crippen LogP contribution >= 0.6 is 0 Å².